The number of piperidine rings is 1. The van der Waals surface area contributed by atoms with E-state index in [1.165, 1.54) is 12.1 Å². The SMILES string of the molecule is COc1cccc(C(=O)N(c2ccc(F)cc2)C2CCN(C3COCCC3=O)CC2)c1. The number of nitrogens with zero attached hydrogens (tertiary/aromatic N) is 2. The fraction of sp³-hybridized carbons (Fsp3) is 0.417. The summed E-state index contributed by atoms with van der Waals surface area (Å²) >= 11 is 0. The Kier molecular flexibility index (Phi) is 6.63. The first-order valence-electron chi connectivity index (χ1n) is 10.6. The molecule has 0 aliphatic carbocycles. The van der Waals surface area contributed by atoms with E-state index in [2.05, 4.69) is 4.90 Å². The molecule has 6 nitrogen and oxygen atoms in total. The molecule has 2 aromatic carbocycles. The van der Waals surface area contributed by atoms with Gasteiger partial charge in [0.1, 0.15) is 11.6 Å². The van der Waals surface area contributed by atoms with Gasteiger partial charge in [0.25, 0.3) is 5.91 Å². The van der Waals surface area contributed by atoms with Crippen molar-refractivity contribution in [2.75, 3.05) is 38.3 Å². The molecule has 0 N–H and O–H groups in total. The number of rotatable bonds is 5. The van der Waals surface area contributed by atoms with E-state index >= 15 is 0 Å². The van der Waals surface area contributed by atoms with Crippen molar-refractivity contribution in [1.29, 1.82) is 0 Å². The van der Waals surface area contributed by atoms with Crippen molar-refractivity contribution in [3.8, 4) is 5.75 Å². The predicted molar refractivity (Wildman–Crippen MR) is 115 cm³/mol. The van der Waals surface area contributed by atoms with Gasteiger partial charge in [-0.15, -0.1) is 0 Å². The molecule has 2 aromatic rings. The highest BCUT2D eigenvalue weighted by molar-refractivity contribution is 6.06. The number of methoxy groups -OCH3 is 1. The van der Waals surface area contributed by atoms with Gasteiger partial charge in [-0.3, -0.25) is 14.5 Å². The fourth-order valence-electron chi connectivity index (χ4n) is 4.38. The lowest BCUT2D eigenvalue weighted by Gasteiger charge is -2.41. The van der Waals surface area contributed by atoms with E-state index in [0.29, 0.717) is 49.7 Å². The summed E-state index contributed by atoms with van der Waals surface area (Å²) in [6.07, 6.45) is 1.90. The molecule has 0 saturated carbocycles. The maximum absolute atomic E-state index is 13.5. The van der Waals surface area contributed by atoms with E-state index in [1.54, 1.807) is 48.4 Å². The van der Waals surface area contributed by atoms with Crippen LogP contribution in [0.25, 0.3) is 0 Å². The third-order valence-corrected chi connectivity index (χ3v) is 6.09. The topological polar surface area (TPSA) is 59.1 Å². The van der Waals surface area contributed by atoms with Crippen LogP contribution in [-0.4, -0.2) is 62.1 Å². The van der Waals surface area contributed by atoms with Crippen molar-refractivity contribution in [1.82, 2.24) is 4.90 Å². The van der Waals surface area contributed by atoms with Gasteiger partial charge in [-0.2, -0.15) is 0 Å². The zero-order valence-corrected chi connectivity index (χ0v) is 17.6. The Balaban J connectivity index is 1.56. The van der Waals surface area contributed by atoms with E-state index in [9.17, 15) is 14.0 Å². The van der Waals surface area contributed by atoms with Gasteiger partial charge < -0.3 is 14.4 Å². The molecule has 31 heavy (non-hydrogen) atoms. The largest absolute Gasteiger partial charge is 0.497 e. The molecule has 1 amide bonds. The molecule has 2 heterocycles. The first kappa shape index (κ1) is 21.5. The summed E-state index contributed by atoms with van der Waals surface area (Å²) in [6.45, 7) is 2.34. The van der Waals surface area contributed by atoms with Gasteiger partial charge in [-0.25, -0.2) is 4.39 Å². The van der Waals surface area contributed by atoms with Crippen LogP contribution < -0.4 is 9.64 Å². The van der Waals surface area contributed by atoms with Crippen LogP contribution in [-0.2, 0) is 9.53 Å². The monoisotopic (exact) mass is 426 g/mol. The van der Waals surface area contributed by atoms with Crippen LogP contribution in [0.2, 0.25) is 0 Å². The molecular formula is C24H27FN2O4. The van der Waals surface area contributed by atoms with Crippen molar-refractivity contribution < 1.29 is 23.5 Å². The lowest BCUT2D eigenvalue weighted by atomic mass is 9.97. The number of likely N-dealkylation sites (tertiary alicyclic amines) is 1. The van der Waals surface area contributed by atoms with Crippen molar-refractivity contribution >= 4 is 17.4 Å². The van der Waals surface area contributed by atoms with Gasteiger partial charge in [-0.1, -0.05) is 6.07 Å². The number of ketones is 1. The molecule has 164 valence electrons. The van der Waals surface area contributed by atoms with Crippen molar-refractivity contribution in [3.05, 3.63) is 59.9 Å². The second-order valence-corrected chi connectivity index (χ2v) is 7.96. The highest BCUT2D eigenvalue weighted by atomic mass is 19.1. The van der Waals surface area contributed by atoms with Gasteiger partial charge >= 0.3 is 0 Å². The van der Waals surface area contributed by atoms with Crippen LogP contribution in [0.1, 0.15) is 29.6 Å². The van der Waals surface area contributed by atoms with Gasteiger partial charge in [0, 0.05) is 36.8 Å². The third-order valence-electron chi connectivity index (χ3n) is 6.09. The molecule has 0 aromatic heterocycles. The summed E-state index contributed by atoms with van der Waals surface area (Å²) < 4.78 is 24.3. The Morgan fingerprint density at radius 3 is 2.58 bits per heavy atom. The van der Waals surface area contributed by atoms with Crippen LogP contribution in [0.4, 0.5) is 10.1 Å². The Morgan fingerprint density at radius 1 is 1.16 bits per heavy atom. The second kappa shape index (κ2) is 9.58. The Morgan fingerprint density at radius 2 is 1.90 bits per heavy atom. The summed E-state index contributed by atoms with van der Waals surface area (Å²) in [5.41, 5.74) is 1.17. The molecular weight excluding hydrogens is 399 g/mol. The highest BCUT2D eigenvalue weighted by Crippen LogP contribution is 2.28. The number of benzene rings is 2. The number of hydrogen-bond acceptors (Lipinski definition) is 5. The first-order chi connectivity index (χ1) is 15.1. The minimum atomic E-state index is -0.344. The molecule has 1 unspecified atom stereocenters. The second-order valence-electron chi connectivity index (χ2n) is 7.96. The van der Waals surface area contributed by atoms with Crippen LogP contribution >= 0.6 is 0 Å². The Bertz CT molecular complexity index is 925. The first-order valence-corrected chi connectivity index (χ1v) is 10.6. The van der Waals surface area contributed by atoms with Crippen molar-refractivity contribution in [2.45, 2.75) is 31.3 Å². The summed E-state index contributed by atoms with van der Waals surface area (Å²) in [6, 6.07) is 12.8. The van der Waals surface area contributed by atoms with E-state index in [-0.39, 0.29) is 29.6 Å². The Labute approximate surface area is 181 Å². The molecule has 0 radical (unpaired) electrons. The maximum atomic E-state index is 13.5. The van der Waals surface area contributed by atoms with E-state index in [1.807, 2.05) is 0 Å². The molecule has 2 fully saturated rings. The number of amides is 1. The number of ether oxygens (including phenoxy) is 2. The van der Waals surface area contributed by atoms with Crippen LogP contribution in [0.3, 0.4) is 0 Å². The lowest BCUT2D eigenvalue weighted by molar-refractivity contribution is -0.133. The minimum Gasteiger partial charge on any atom is -0.497 e. The summed E-state index contributed by atoms with van der Waals surface area (Å²) in [4.78, 5) is 29.7. The Hall–Kier alpha value is -2.77. The molecule has 7 heteroatoms. The highest BCUT2D eigenvalue weighted by Gasteiger charge is 2.35. The average molecular weight is 426 g/mol. The molecule has 0 bridgehead atoms. The molecule has 2 aliphatic heterocycles. The van der Waals surface area contributed by atoms with E-state index in [4.69, 9.17) is 9.47 Å². The van der Waals surface area contributed by atoms with Gasteiger partial charge in [-0.05, 0) is 55.3 Å². The van der Waals surface area contributed by atoms with Crippen molar-refractivity contribution in [2.24, 2.45) is 0 Å². The summed E-state index contributed by atoms with van der Waals surface area (Å²) in [5, 5.41) is 0. The van der Waals surface area contributed by atoms with Crippen LogP contribution in [0.5, 0.6) is 5.75 Å². The molecule has 4 rings (SSSR count). The van der Waals surface area contributed by atoms with Gasteiger partial charge in [0.05, 0.1) is 26.4 Å². The van der Waals surface area contributed by atoms with Crippen LogP contribution in [0, 0.1) is 5.82 Å². The molecule has 0 spiro atoms. The molecule has 1 atom stereocenters. The number of carbonyl (C=O) groups excluding carboxylic acids is 2. The zero-order valence-electron chi connectivity index (χ0n) is 17.6. The minimum absolute atomic E-state index is 0.0555. The fourth-order valence-corrected chi connectivity index (χ4v) is 4.38. The lowest BCUT2D eigenvalue weighted by Crippen LogP contribution is -2.54. The number of anilines is 1. The average Bonchev–Trinajstić information content (AvgIpc) is 2.81. The number of halogens is 1. The number of hydrogen-bond donors (Lipinski definition) is 0. The van der Waals surface area contributed by atoms with Crippen LogP contribution in [0.15, 0.2) is 48.5 Å². The maximum Gasteiger partial charge on any atom is 0.258 e. The smallest absolute Gasteiger partial charge is 0.258 e. The predicted octanol–water partition coefficient (Wildman–Crippen LogP) is 3.30. The number of carbonyl (C=O) groups is 2. The standard InChI is InChI=1S/C24H27FN2O4/c1-30-21-4-2-3-17(15-21)24(29)27(19-7-5-18(25)6-8-19)20-9-12-26(13-10-20)22-16-31-14-11-23(22)28/h2-8,15,20,22H,9-14,16H2,1H3. The van der Waals surface area contributed by atoms with Gasteiger partial charge in [0.2, 0.25) is 0 Å². The molecule has 2 aliphatic rings. The molecule has 2 saturated heterocycles. The van der Waals surface area contributed by atoms with Gasteiger partial charge in [0.15, 0.2) is 5.78 Å². The summed E-state index contributed by atoms with van der Waals surface area (Å²) in [5.74, 6) is 0.340. The third kappa shape index (κ3) is 4.78. The summed E-state index contributed by atoms with van der Waals surface area (Å²) in [7, 11) is 1.56. The zero-order chi connectivity index (χ0) is 21.8. The van der Waals surface area contributed by atoms with Crippen molar-refractivity contribution in [3.63, 3.8) is 0 Å². The number of Topliss-reactive ketones (excluding diaryl/α,β-unsaturated/α-hetero) is 1. The van der Waals surface area contributed by atoms with E-state index in [0.717, 1.165) is 12.8 Å². The normalized spacial score (nSPS) is 20.5. The quantitative estimate of drug-likeness (QED) is 0.734. The van der Waals surface area contributed by atoms with E-state index < -0.39 is 0 Å².